The van der Waals surface area contributed by atoms with Crippen molar-refractivity contribution in [2.45, 2.75) is 58.4 Å². The van der Waals surface area contributed by atoms with E-state index in [1.54, 1.807) is 65.2 Å². The molecule has 0 saturated heterocycles. The highest BCUT2D eigenvalue weighted by Crippen LogP contribution is 2.46. The molecule has 0 bridgehead atoms. The lowest BCUT2D eigenvalue weighted by Gasteiger charge is -2.33. The molecule has 47 heavy (non-hydrogen) atoms. The number of para-hydroxylation sites is 3. The minimum atomic E-state index is -4.20. The zero-order valence-corrected chi connectivity index (χ0v) is 27.6. The molecule has 0 amide bonds. The number of carbonyl (C=O) groups excluding carboxylic acids is 1. The van der Waals surface area contributed by atoms with Crippen LogP contribution in [0.1, 0.15) is 45.9 Å². The van der Waals surface area contributed by atoms with Crippen molar-refractivity contribution in [3.8, 4) is 11.5 Å². The number of hydrogen-bond acceptors (Lipinski definition) is 10. The number of nitrogens with two attached hydrogens (primary N) is 1. The molecule has 0 fully saturated rings. The molecule has 248 valence electrons. The van der Waals surface area contributed by atoms with Gasteiger partial charge in [-0.2, -0.15) is 5.09 Å². The van der Waals surface area contributed by atoms with Crippen molar-refractivity contribution in [3.63, 3.8) is 0 Å². The van der Waals surface area contributed by atoms with Crippen LogP contribution in [-0.4, -0.2) is 44.9 Å². The van der Waals surface area contributed by atoms with E-state index in [0.717, 1.165) is 5.39 Å². The summed E-state index contributed by atoms with van der Waals surface area (Å²) in [5.74, 6) is 0.621. The molecular formula is C34H40N5O7P. The first-order valence-electron chi connectivity index (χ1n) is 15.6. The van der Waals surface area contributed by atoms with Crippen LogP contribution in [0.4, 0.5) is 5.82 Å². The molecule has 5 aromatic rings. The van der Waals surface area contributed by atoms with E-state index in [1.807, 2.05) is 38.1 Å². The lowest BCUT2D eigenvalue weighted by atomic mass is 10.0. The number of pyridine rings is 1. The van der Waals surface area contributed by atoms with Crippen LogP contribution >= 0.6 is 7.75 Å². The number of aromatic nitrogens is 3. The molecule has 3 atom stereocenters. The Hall–Kier alpha value is -4.32. The molecule has 13 heteroatoms. The second kappa shape index (κ2) is 15.1. The molecule has 2 heterocycles. The number of nitrogen functional groups attached to an aromatic ring is 1. The van der Waals surface area contributed by atoms with Gasteiger partial charge in [0.2, 0.25) is 0 Å². The number of hydrogen-bond donors (Lipinski definition) is 3. The Balaban J connectivity index is 1.46. The monoisotopic (exact) mass is 661 g/mol. The van der Waals surface area contributed by atoms with E-state index in [0.29, 0.717) is 47.6 Å². The van der Waals surface area contributed by atoms with Gasteiger partial charge in [0.25, 0.3) is 0 Å². The maximum atomic E-state index is 14.2. The molecule has 0 aliphatic carbocycles. The predicted octanol–water partition coefficient (Wildman–Crippen LogP) is 6.33. The Bertz CT molecular complexity index is 1850. The summed E-state index contributed by atoms with van der Waals surface area (Å²) in [7, 11) is -4.20. The minimum absolute atomic E-state index is 0.0192. The van der Waals surface area contributed by atoms with E-state index in [4.69, 9.17) is 29.2 Å². The number of anilines is 1. The highest BCUT2D eigenvalue weighted by atomic mass is 31.2. The molecule has 2 aromatic heterocycles. The number of nitrogens with zero attached hydrogens (tertiary/aromatic N) is 3. The van der Waals surface area contributed by atoms with E-state index >= 15 is 0 Å². The minimum Gasteiger partial charge on any atom is -0.425 e. The SMILES string of the molecule is CCCC(O)(CCO[P@](=O)(N[C@@H](C)C(=O)Oc1ccccc1)Oc1ccccc1)n1c(COCC)nc2c(N)nc3ccccc3c21. The van der Waals surface area contributed by atoms with E-state index in [-0.39, 0.29) is 31.2 Å². The summed E-state index contributed by atoms with van der Waals surface area (Å²) in [6.45, 7) is 5.66. The van der Waals surface area contributed by atoms with Gasteiger partial charge in [-0.15, -0.1) is 0 Å². The molecule has 3 aromatic carbocycles. The molecule has 0 aliphatic heterocycles. The van der Waals surface area contributed by atoms with Gasteiger partial charge >= 0.3 is 13.7 Å². The van der Waals surface area contributed by atoms with Gasteiger partial charge in [0, 0.05) is 18.4 Å². The summed E-state index contributed by atoms with van der Waals surface area (Å²) in [6, 6.07) is 23.5. The number of imidazole rings is 1. The van der Waals surface area contributed by atoms with Gasteiger partial charge < -0.3 is 24.8 Å². The molecule has 1 unspecified atom stereocenters. The van der Waals surface area contributed by atoms with Crippen LogP contribution in [-0.2, 0) is 31.0 Å². The summed E-state index contributed by atoms with van der Waals surface area (Å²) in [5, 5.41) is 15.9. The maximum Gasteiger partial charge on any atom is 0.459 e. The molecule has 0 spiro atoms. The maximum absolute atomic E-state index is 14.2. The molecule has 0 radical (unpaired) electrons. The molecule has 4 N–H and O–H groups in total. The zero-order valence-electron chi connectivity index (χ0n) is 26.7. The molecule has 12 nitrogen and oxygen atoms in total. The summed E-state index contributed by atoms with van der Waals surface area (Å²) in [4.78, 5) is 22.2. The topological polar surface area (TPSA) is 160 Å². The van der Waals surface area contributed by atoms with Gasteiger partial charge in [-0.25, -0.2) is 19.3 Å². The van der Waals surface area contributed by atoms with Crippen molar-refractivity contribution in [3.05, 3.63) is 90.8 Å². The molecular weight excluding hydrogens is 621 g/mol. The zero-order chi connectivity index (χ0) is 33.4. The highest BCUT2D eigenvalue weighted by Gasteiger charge is 2.37. The third kappa shape index (κ3) is 7.98. The summed E-state index contributed by atoms with van der Waals surface area (Å²) >= 11 is 0. The summed E-state index contributed by atoms with van der Waals surface area (Å²) in [6.07, 6.45) is 0.880. The van der Waals surface area contributed by atoms with Crippen LogP contribution < -0.4 is 20.1 Å². The van der Waals surface area contributed by atoms with Gasteiger partial charge in [0.1, 0.15) is 41.2 Å². The van der Waals surface area contributed by atoms with Gasteiger partial charge in [-0.3, -0.25) is 9.09 Å². The normalized spacial score (nSPS) is 14.8. The number of carbonyl (C=O) groups is 1. The largest absolute Gasteiger partial charge is 0.459 e. The van der Waals surface area contributed by atoms with Gasteiger partial charge in [0.05, 0.1) is 17.6 Å². The predicted molar refractivity (Wildman–Crippen MR) is 180 cm³/mol. The average molecular weight is 662 g/mol. The average Bonchev–Trinajstić information content (AvgIpc) is 3.46. The van der Waals surface area contributed by atoms with Crippen LogP contribution in [0.25, 0.3) is 21.9 Å². The number of benzene rings is 3. The van der Waals surface area contributed by atoms with Crippen molar-refractivity contribution < 1.29 is 33.0 Å². The Morgan fingerprint density at radius 1 is 0.979 bits per heavy atom. The molecule has 0 saturated carbocycles. The van der Waals surface area contributed by atoms with E-state index in [2.05, 4.69) is 10.1 Å². The number of nitrogens with one attached hydrogen (secondary N) is 1. The number of ether oxygens (including phenoxy) is 2. The standard InChI is InChI=1S/C34H40N5O7P/c1-4-20-34(41,39-29(23-43-5-2)37-30-31(39)27-18-12-13-19-28(27)36-32(30)35)21-22-44-47(42,46-26-16-10-7-11-17-26)38-24(3)33(40)45-25-14-8-6-9-15-25/h6-19,24,41H,4-5,20-23H2,1-3H3,(H2,35,36)(H,38,42)/t24-,34?,47+/m0/s1. The van der Waals surface area contributed by atoms with E-state index in [1.165, 1.54) is 6.92 Å². The molecule has 0 aliphatic rings. The van der Waals surface area contributed by atoms with Crippen LogP contribution in [0.2, 0.25) is 0 Å². The van der Waals surface area contributed by atoms with Crippen molar-refractivity contribution in [2.24, 2.45) is 0 Å². The fourth-order valence-corrected chi connectivity index (χ4v) is 6.85. The Kier molecular flexibility index (Phi) is 10.9. The Labute approximate surface area is 273 Å². The summed E-state index contributed by atoms with van der Waals surface area (Å²) < 4.78 is 38.9. The lowest BCUT2D eigenvalue weighted by Crippen LogP contribution is -2.38. The summed E-state index contributed by atoms with van der Waals surface area (Å²) in [5.41, 5.74) is 6.50. The molecule has 5 rings (SSSR count). The van der Waals surface area contributed by atoms with Crippen molar-refractivity contribution in [2.75, 3.05) is 18.9 Å². The first kappa shape index (κ1) is 34.0. The number of aliphatic hydroxyl groups is 1. The van der Waals surface area contributed by atoms with Crippen LogP contribution in [0.15, 0.2) is 84.9 Å². The highest BCUT2D eigenvalue weighted by molar-refractivity contribution is 7.52. The third-order valence-electron chi connectivity index (χ3n) is 7.49. The van der Waals surface area contributed by atoms with Crippen LogP contribution in [0.3, 0.4) is 0 Å². The van der Waals surface area contributed by atoms with Gasteiger partial charge in [-0.05, 0) is 50.6 Å². The van der Waals surface area contributed by atoms with E-state index in [9.17, 15) is 14.5 Å². The number of rotatable bonds is 16. The third-order valence-corrected chi connectivity index (χ3v) is 9.17. The van der Waals surface area contributed by atoms with Gasteiger partial charge in [-0.1, -0.05) is 67.9 Å². The second-order valence-corrected chi connectivity index (χ2v) is 12.7. The Morgan fingerprint density at radius 3 is 2.32 bits per heavy atom. The van der Waals surface area contributed by atoms with Crippen LogP contribution in [0, 0.1) is 0 Å². The smallest absolute Gasteiger partial charge is 0.425 e. The van der Waals surface area contributed by atoms with E-state index < -0.39 is 25.5 Å². The fourth-order valence-electron chi connectivity index (χ4n) is 5.36. The lowest BCUT2D eigenvalue weighted by molar-refractivity contribution is -0.136. The Morgan fingerprint density at radius 2 is 1.64 bits per heavy atom. The van der Waals surface area contributed by atoms with Crippen molar-refractivity contribution in [1.29, 1.82) is 0 Å². The van der Waals surface area contributed by atoms with Gasteiger partial charge in [0.15, 0.2) is 5.82 Å². The van der Waals surface area contributed by atoms with Crippen molar-refractivity contribution in [1.82, 2.24) is 19.6 Å². The van der Waals surface area contributed by atoms with Crippen molar-refractivity contribution >= 4 is 41.5 Å². The number of fused-ring (bicyclic) bond motifs is 3. The first-order valence-corrected chi connectivity index (χ1v) is 17.1. The number of esters is 1. The van der Waals surface area contributed by atoms with Crippen LogP contribution in [0.5, 0.6) is 11.5 Å². The first-order chi connectivity index (χ1) is 22.7. The second-order valence-electron chi connectivity index (χ2n) is 11.0. The quantitative estimate of drug-likeness (QED) is 0.0616. The fraction of sp³-hybridized carbons (Fsp3) is 0.324.